The van der Waals surface area contributed by atoms with Crippen LogP contribution in [0.3, 0.4) is 0 Å². The first-order valence-electron chi connectivity index (χ1n) is 7.86. The highest BCUT2D eigenvalue weighted by Gasteiger charge is 2.32. The highest BCUT2D eigenvalue weighted by molar-refractivity contribution is 5.86. The molecule has 1 aromatic carbocycles. The van der Waals surface area contributed by atoms with Crippen molar-refractivity contribution in [3.63, 3.8) is 0 Å². The highest BCUT2D eigenvalue weighted by atomic mass is 16.6. The molecule has 1 N–H and O–H groups in total. The molecule has 6 heteroatoms. The van der Waals surface area contributed by atoms with E-state index < -0.39 is 6.04 Å². The van der Waals surface area contributed by atoms with Crippen molar-refractivity contribution in [1.82, 2.24) is 9.38 Å². The number of fused-ring (bicyclic) bond motifs is 3. The van der Waals surface area contributed by atoms with Gasteiger partial charge in [0.25, 0.3) is 0 Å². The molecule has 0 bridgehead atoms. The van der Waals surface area contributed by atoms with Crippen LogP contribution in [0.5, 0.6) is 0 Å². The summed E-state index contributed by atoms with van der Waals surface area (Å²) in [6.45, 7) is 3.75. The van der Waals surface area contributed by atoms with Crippen LogP contribution in [-0.4, -0.2) is 27.5 Å². The zero-order valence-electron chi connectivity index (χ0n) is 13.4. The van der Waals surface area contributed by atoms with Crippen LogP contribution in [0.4, 0.5) is 5.82 Å². The summed E-state index contributed by atoms with van der Waals surface area (Å²) >= 11 is 0. The number of aromatic nitrogens is 2. The molecule has 2 atom stereocenters. The number of nitrogens with zero attached hydrogens (tertiary/aromatic N) is 3. The minimum atomic E-state index is -0.392. The number of esters is 1. The van der Waals surface area contributed by atoms with E-state index >= 15 is 0 Å². The second-order valence-corrected chi connectivity index (χ2v) is 6.14. The summed E-state index contributed by atoms with van der Waals surface area (Å²) < 4.78 is 7.12. The number of rotatable bonds is 2. The lowest BCUT2D eigenvalue weighted by atomic mass is 10.1. The van der Waals surface area contributed by atoms with Gasteiger partial charge in [-0.2, -0.15) is 5.26 Å². The number of para-hydroxylation sites is 2. The molecule has 4 rings (SSSR count). The van der Waals surface area contributed by atoms with Crippen molar-refractivity contribution >= 4 is 28.5 Å². The molecule has 2 aromatic heterocycles. The van der Waals surface area contributed by atoms with Crippen molar-refractivity contribution in [1.29, 1.82) is 5.26 Å². The van der Waals surface area contributed by atoms with E-state index in [1.54, 1.807) is 0 Å². The minimum absolute atomic E-state index is 0.0931. The number of hydrogen-bond acceptors (Lipinski definition) is 5. The van der Waals surface area contributed by atoms with Crippen molar-refractivity contribution in [2.24, 2.45) is 0 Å². The molecule has 0 aliphatic carbocycles. The number of carbonyl (C=O) groups is 1. The van der Waals surface area contributed by atoms with Crippen LogP contribution in [-0.2, 0) is 9.53 Å². The van der Waals surface area contributed by atoms with Gasteiger partial charge in [0.1, 0.15) is 24.0 Å². The number of carbonyl (C=O) groups excluding carboxylic acids is 1. The first-order chi connectivity index (χ1) is 11.6. The standard InChI is InChI=1S/C18H16N4O2/c1-10-7-16(20-14-8-11(2)24-18(14)23)22-15-6-4-3-5-13(15)21-17(22)12(10)9-19/h3-7,11,14,20H,8H2,1-2H3/t11-,14+/m0/s1. The molecule has 1 saturated heterocycles. The molecule has 1 fully saturated rings. The van der Waals surface area contributed by atoms with Crippen molar-refractivity contribution in [2.75, 3.05) is 5.32 Å². The predicted octanol–water partition coefficient (Wildman–Crippen LogP) is 2.78. The van der Waals surface area contributed by atoms with Gasteiger partial charge in [0.15, 0.2) is 5.65 Å². The average Bonchev–Trinajstić information content (AvgIpc) is 3.07. The van der Waals surface area contributed by atoms with Gasteiger partial charge in [0.05, 0.1) is 16.6 Å². The molecule has 24 heavy (non-hydrogen) atoms. The topological polar surface area (TPSA) is 79.4 Å². The van der Waals surface area contributed by atoms with E-state index in [0.717, 1.165) is 22.4 Å². The van der Waals surface area contributed by atoms with Gasteiger partial charge in [-0.1, -0.05) is 12.1 Å². The molecule has 1 aliphatic heterocycles. The molecule has 0 radical (unpaired) electrons. The van der Waals surface area contributed by atoms with E-state index in [4.69, 9.17) is 4.74 Å². The first kappa shape index (κ1) is 14.5. The van der Waals surface area contributed by atoms with Crippen LogP contribution in [0.15, 0.2) is 30.3 Å². The third kappa shape index (κ3) is 2.09. The van der Waals surface area contributed by atoms with Crippen molar-refractivity contribution in [2.45, 2.75) is 32.4 Å². The lowest BCUT2D eigenvalue weighted by molar-refractivity contribution is -0.141. The van der Waals surface area contributed by atoms with E-state index in [1.807, 2.05) is 48.6 Å². The van der Waals surface area contributed by atoms with Gasteiger partial charge in [-0.3, -0.25) is 4.40 Å². The SMILES string of the molecule is Cc1cc(N[C@@H]2C[C@H](C)OC2=O)n2c(nc3ccccc32)c1C#N. The smallest absolute Gasteiger partial charge is 0.329 e. The number of cyclic esters (lactones) is 1. The lowest BCUT2D eigenvalue weighted by Gasteiger charge is -2.15. The zero-order valence-corrected chi connectivity index (χ0v) is 13.4. The number of hydrogen-bond donors (Lipinski definition) is 1. The largest absolute Gasteiger partial charge is 0.461 e. The fourth-order valence-electron chi connectivity index (χ4n) is 3.25. The number of anilines is 1. The predicted molar refractivity (Wildman–Crippen MR) is 89.7 cm³/mol. The van der Waals surface area contributed by atoms with Crippen LogP contribution >= 0.6 is 0 Å². The summed E-state index contributed by atoms with van der Waals surface area (Å²) in [5.74, 6) is 0.494. The van der Waals surface area contributed by atoms with Crippen molar-refractivity contribution in [3.8, 4) is 6.07 Å². The van der Waals surface area contributed by atoms with Crippen LogP contribution in [0.2, 0.25) is 0 Å². The third-order valence-electron chi connectivity index (χ3n) is 4.38. The minimum Gasteiger partial charge on any atom is -0.461 e. The second kappa shape index (κ2) is 5.24. The van der Waals surface area contributed by atoms with Crippen LogP contribution in [0.25, 0.3) is 16.7 Å². The quantitative estimate of drug-likeness (QED) is 0.735. The van der Waals surface area contributed by atoms with Gasteiger partial charge < -0.3 is 10.1 Å². The molecule has 0 amide bonds. The van der Waals surface area contributed by atoms with Gasteiger partial charge in [-0.25, -0.2) is 9.78 Å². The Bertz CT molecular complexity index is 1020. The van der Waals surface area contributed by atoms with Crippen molar-refractivity contribution in [3.05, 3.63) is 41.5 Å². The molecule has 0 spiro atoms. The number of nitrogens with one attached hydrogen (secondary N) is 1. The van der Waals surface area contributed by atoms with Crippen molar-refractivity contribution < 1.29 is 9.53 Å². The molecule has 120 valence electrons. The van der Waals surface area contributed by atoms with E-state index in [1.165, 1.54) is 0 Å². The number of ether oxygens (including phenoxy) is 1. The Kier molecular flexibility index (Phi) is 3.17. The monoisotopic (exact) mass is 320 g/mol. The normalized spacial score (nSPS) is 20.3. The fourth-order valence-corrected chi connectivity index (χ4v) is 3.25. The molecule has 0 unspecified atom stereocenters. The lowest BCUT2D eigenvalue weighted by Crippen LogP contribution is -2.25. The second-order valence-electron chi connectivity index (χ2n) is 6.14. The fraction of sp³-hybridized carbons (Fsp3) is 0.278. The summed E-state index contributed by atoms with van der Waals surface area (Å²) in [5, 5.41) is 12.8. The summed E-state index contributed by atoms with van der Waals surface area (Å²) in [7, 11) is 0. The van der Waals surface area contributed by atoms with Crippen LogP contribution in [0.1, 0.15) is 24.5 Å². The summed E-state index contributed by atoms with van der Waals surface area (Å²) in [5.41, 5.74) is 3.66. The van der Waals surface area contributed by atoms with Gasteiger partial charge in [0, 0.05) is 6.42 Å². The maximum absolute atomic E-state index is 12.0. The van der Waals surface area contributed by atoms with Gasteiger partial charge in [0.2, 0.25) is 0 Å². The average molecular weight is 320 g/mol. The number of imidazole rings is 1. The van der Waals surface area contributed by atoms with Crippen LogP contribution < -0.4 is 5.32 Å². The Morgan fingerprint density at radius 1 is 1.42 bits per heavy atom. The molecular formula is C18H16N4O2. The zero-order chi connectivity index (χ0) is 16.8. The number of aryl methyl sites for hydroxylation is 1. The molecule has 3 aromatic rings. The maximum atomic E-state index is 12.0. The molecular weight excluding hydrogens is 304 g/mol. The Balaban J connectivity index is 1.95. The Labute approximate surface area is 138 Å². The Hall–Kier alpha value is -3.07. The van der Waals surface area contributed by atoms with Gasteiger partial charge in [-0.05, 0) is 37.6 Å². The third-order valence-corrected chi connectivity index (χ3v) is 4.38. The summed E-state index contributed by atoms with van der Waals surface area (Å²) in [4.78, 5) is 16.6. The Morgan fingerprint density at radius 2 is 2.21 bits per heavy atom. The van der Waals surface area contributed by atoms with E-state index in [-0.39, 0.29) is 12.1 Å². The van der Waals surface area contributed by atoms with E-state index in [2.05, 4.69) is 16.4 Å². The maximum Gasteiger partial charge on any atom is 0.329 e. The number of benzene rings is 1. The van der Waals surface area contributed by atoms with Gasteiger partial charge in [-0.15, -0.1) is 0 Å². The number of nitriles is 1. The molecule has 1 aliphatic rings. The van der Waals surface area contributed by atoms with Crippen LogP contribution in [0, 0.1) is 18.3 Å². The van der Waals surface area contributed by atoms with Gasteiger partial charge >= 0.3 is 5.97 Å². The molecule has 6 nitrogen and oxygen atoms in total. The molecule has 0 saturated carbocycles. The Morgan fingerprint density at radius 3 is 2.92 bits per heavy atom. The first-order valence-corrected chi connectivity index (χ1v) is 7.86. The summed E-state index contributed by atoms with van der Waals surface area (Å²) in [6, 6.07) is 11.4. The number of pyridine rings is 1. The van der Waals surface area contributed by atoms with E-state index in [0.29, 0.717) is 17.6 Å². The molecule has 3 heterocycles. The van der Waals surface area contributed by atoms with E-state index in [9.17, 15) is 10.1 Å². The highest BCUT2D eigenvalue weighted by Crippen LogP contribution is 2.28. The summed E-state index contributed by atoms with van der Waals surface area (Å²) in [6.07, 6.45) is 0.524.